The summed E-state index contributed by atoms with van der Waals surface area (Å²) in [4.78, 5) is 25.0. The third-order valence-electron chi connectivity index (χ3n) is 4.52. The van der Waals surface area contributed by atoms with E-state index in [4.69, 9.17) is 4.74 Å². The van der Waals surface area contributed by atoms with Crippen LogP contribution in [0.4, 0.5) is 15.9 Å². The lowest BCUT2D eigenvalue weighted by atomic mass is 10.1. The van der Waals surface area contributed by atoms with Crippen molar-refractivity contribution < 1.29 is 18.7 Å². The fourth-order valence-electron chi connectivity index (χ4n) is 3.23. The first-order valence-corrected chi connectivity index (χ1v) is 8.64. The molecule has 142 valence electrons. The van der Waals surface area contributed by atoms with E-state index in [1.165, 1.54) is 22.9 Å². The summed E-state index contributed by atoms with van der Waals surface area (Å²) in [7, 11) is 1.56. The molecule has 4 rings (SSSR count). The monoisotopic (exact) mass is 380 g/mol. The van der Waals surface area contributed by atoms with Gasteiger partial charge in [-0.05, 0) is 24.3 Å². The molecule has 1 aliphatic heterocycles. The number of hydrogen-bond acceptors (Lipinski definition) is 4. The van der Waals surface area contributed by atoms with Crippen LogP contribution in [0.1, 0.15) is 12.5 Å². The summed E-state index contributed by atoms with van der Waals surface area (Å²) < 4.78 is 20.2. The third-order valence-corrected chi connectivity index (χ3v) is 4.52. The predicted molar refractivity (Wildman–Crippen MR) is 102 cm³/mol. The van der Waals surface area contributed by atoms with Crippen LogP contribution in [-0.4, -0.2) is 28.7 Å². The van der Waals surface area contributed by atoms with Crippen molar-refractivity contribution in [2.75, 3.05) is 17.7 Å². The standard InChI is InChI=1S/C20H17FN4O3/c1-28-17-8-3-2-7-14(17)15-11-22-25-16(10-18(26)24-19(15)25)20(27)23-13-6-4-5-12(21)9-13/h2-9,11,16H,10H2,1H3,(H,23,27)(H,24,26)/t16-/m0/s1. The van der Waals surface area contributed by atoms with Crippen LogP contribution in [0.25, 0.3) is 11.1 Å². The average molecular weight is 380 g/mol. The molecule has 3 aromatic rings. The van der Waals surface area contributed by atoms with Gasteiger partial charge in [-0.3, -0.25) is 9.59 Å². The average Bonchev–Trinajstić information content (AvgIpc) is 3.10. The van der Waals surface area contributed by atoms with Crippen LogP contribution in [0.2, 0.25) is 0 Å². The molecule has 0 aliphatic carbocycles. The van der Waals surface area contributed by atoms with Gasteiger partial charge in [0.25, 0.3) is 0 Å². The Kier molecular flexibility index (Phi) is 4.52. The SMILES string of the molecule is COc1ccccc1-c1cnn2c1NC(=O)C[C@H]2C(=O)Nc1cccc(F)c1. The molecule has 0 saturated carbocycles. The fourth-order valence-corrected chi connectivity index (χ4v) is 3.23. The van der Waals surface area contributed by atoms with E-state index >= 15 is 0 Å². The molecule has 1 aromatic heterocycles. The zero-order chi connectivity index (χ0) is 19.7. The van der Waals surface area contributed by atoms with Crippen molar-refractivity contribution in [3.63, 3.8) is 0 Å². The largest absolute Gasteiger partial charge is 0.496 e. The van der Waals surface area contributed by atoms with Gasteiger partial charge in [-0.1, -0.05) is 24.3 Å². The number of nitrogens with zero attached hydrogens (tertiary/aromatic N) is 2. The van der Waals surface area contributed by atoms with Crippen molar-refractivity contribution in [1.82, 2.24) is 9.78 Å². The van der Waals surface area contributed by atoms with E-state index in [0.717, 1.165) is 5.56 Å². The number of carbonyl (C=O) groups excluding carboxylic acids is 2. The minimum Gasteiger partial charge on any atom is -0.496 e. The number of anilines is 2. The zero-order valence-electron chi connectivity index (χ0n) is 15.0. The van der Waals surface area contributed by atoms with Gasteiger partial charge < -0.3 is 15.4 Å². The van der Waals surface area contributed by atoms with Crippen molar-refractivity contribution >= 4 is 23.3 Å². The molecule has 8 heteroatoms. The predicted octanol–water partition coefficient (Wildman–Crippen LogP) is 3.22. The lowest BCUT2D eigenvalue weighted by Gasteiger charge is -2.24. The van der Waals surface area contributed by atoms with Crippen molar-refractivity contribution in [3.8, 4) is 16.9 Å². The molecule has 0 spiro atoms. The Hall–Kier alpha value is -3.68. The third kappa shape index (κ3) is 3.20. The van der Waals surface area contributed by atoms with Gasteiger partial charge in [0.05, 0.1) is 19.7 Å². The van der Waals surface area contributed by atoms with E-state index in [0.29, 0.717) is 22.8 Å². The fraction of sp³-hybridized carbons (Fsp3) is 0.150. The Balaban J connectivity index is 1.69. The molecule has 2 N–H and O–H groups in total. The number of para-hydroxylation sites is 1. The van der Waals surface area contributed by atoms with Crippen LogP contribution in [0.15, 0.2) is 54.7 Å². The maximum absolute atomic E-state index is 13.4. The number of rotatable bonds is 4. The summed E-state index contributed by atoms with van der Waals surface area (Å²) in [5, 5.41) is 9.74. The van der Waals surface area contributed by atoms with Gasteiger partial charge in [0.2, 0.25) is 11.8 Å². The summed E-state index contributed by atoms with van der Waals surface area (Å²) in [6.45, 7) is 0. The number of ether oxygens (including phenoxy) is 1. The van der Waals surface area contributed by atoms with Gasteiger partial charge in [0.15, 0.2) is 0 Å². The van der Waals surface area contributed by atoms with Crippen LogP contribution >= 0.6 is 0 Å². The van der Waals surface area contributed by atoms with Crippen LogP contribution in [0, 0.1) is 5.82 Å². The molecule has 28 heavy (non-hydrogen) atoms. The number of methoxy groups -OCH3 is 1. The van der Waals surface area contributed by atoms with Gasteiger partial charge in [0.1, 0.15) is 23.4 Å². The van der Waals surface area contributed by atoms with E-state index in [1.807, 2.05) is 18.2 Å². The molecule has 0 radical (unpaired) electrons. The van der Waals surface area contributed by atoms with E-state index in [1.54, 1.807) is 25.4 Å². The summed E-state index contributed by atoms with van der Waals surface area (Å²) in [5.41, 5.74) is 1.71. The van der Waals surface area contributed by atoms with Crippen LogP contribution < -0.4 is 15.4 Å². The second-order valence-corrected chi connectivity index (χ2v) is 6.32. The molecule has 2 aromatic carbocycles. The Labute approximate surface area is 160 Å². The molecule has 0 unspecified atom stereocenters. The summed E-state index contributed by atoms with van der Waals surface area (Å²) in [6.07, 6.45) is 1.52. The van der Waals surface area contributed by atoms with Crippen LogP contribution in [0.5, 0.6) is 5.75 Å². The van der Waals surface area contributed by atoms with Gasteiger partial charge in [-0.15, -0.1) is 0 Å². The van der Waals surface area contributed by atoms with Gasteiger partial charge in [-0.25, -0.2) is 9.07 Å². The first-order valence-electron chi connectivity index (χ1n) is 8.64. The molecule has 7 nitrogen and oxygen atoms in total. The lowest BCUT2D eigenvalue weighted by Crippen LogP contribution is -2.35. The Bertz CT molecular complexity index is 1060. The van der Waals surface area contributed by atoms with Gasteiger partial charge in [0, 0.05) is 16.8 Å². The van der Waals surface area contributed by atoms with E-state index < -0.39 is 17.8 Å². The molecule has 0 saturated heterocycles. The van der Waals surface area contributed by atoms with Crippen LogP contribution in [0.3, 0.4) is 0 Å². The van der Waals surface area contributed by atoms with Crippen LogP contribution in [-0.2, 0) is 9.59 Å². The number of benzene rings is 2. The number of halogens is 1. The first-order chi connectivity index (χ1) is 13.6. The Morgan fingerprint density at radius 1 is 1.25 bits per heavy atom. The molecule has 1 atom stereocenters. The number of aromatic nitrogens is 2. The van der Waals surface area contributed by atoms with Crippen molar-refractivity contribution in [1.29, 1.82) is 0 Å². The maximum atomic E-state index is 13.4. The van der Waals surface area contributed by atoms with Crippen molar-refractivity contribution in [3.05, 3.63) is 60.5 Å². The number of fused-ring (bicyclic) bond motifs is 1. The summed E-state index contributed by atoms with van der Waals surface area (Å²) in [6, 6.07) is 12.1. The van der Waals surface area contributed by atoms with Gasteiger partial charge in [-0.2, -0.15) is 5.10 Å². The molecule has 0 fully saturated rings. The highest BCUT2D eigenvalue weighted by Gasteiger charge is 2.33. The van der Waals surface area contributed by atoms with E-state index in [2.05, 4.69) is 15.7 Å². The van der Waals surface area contributed by atoms with E-state index in [-0.39, 0.29) is 12.3 Å². The second kappa shape index (κ2) is 7.15. The smallest absolute Gasteiger partial charge is 0.249 e. The highest BCUT2D eigenvalue weighted by atomic mass is 19.1. The lowest BCUT2D eigenvalue weighted by molar-refractivity contribution is -0.125. The number of nitrogens with one attached hydrogen (secondary N) is 2. The topological polar surface area (TPSA) is 85.2 Å². The Morgan fingerprint density at radius 3 is 2.86 bits per heavy atom. The zero-order valence-corrected chi connectivity index (χ0v) is 15.0. The van der Waals surface area contributed by atoms with Crippen molar-refractivity contribution in [2.45, 2.75) is 12.5 Å². The first kappa shape index (κ1) is 17.7. The van der Waals surface area contributed by atoms with E-state index in [9.17, 15) is 14.0 Å². The second-order valence-electron chi connectivity index (χ2n) is 6.32. The highest BCUT2D eigenvalue weighted by Crippen LogP contribution is 2.38. The van der Waals surface area contributed by atoms with Crippen molar-refractivity contribution in [2.24, 2.45) is 0 Å². The highest BCUT2D eigenvalue weighted by molar-refractivity contribution is 6.03. The molecule has 0 bridgehead atoms. The molecular formula is C20H17FN4O3. The van der Waals surface area contributed by atoms with Gasteiger partial charge >= 0.3 is 0 Å². The summed E-state index contributed by atoms with van der Waals surface area (Å²) in [5.74, 6) is -0.170. The minimum atomic E-state index is -0.851. The quantitative estimate of drug-likeness (QED) is 0.728. The molecule has 1 aliphatic rings. The number of hydrogen-bond donors (Lipinski definition) is 2. The normalized spacial score (nSPS) is 15.5. The number of amides is 2. The molecular weight excluding hydrogens is 363 g/mol. The number of carbonyl (C=O) groups is 2. The Morgan fingerprint density at radius 2 is 2.07 bits per heavy atom. The summed E-state index contributed by atoms with van der Waals surface area (Å²) >= 11 is 0. The maximum Gasteiger partial charge on any atom is 0.249 e. The minimum absolute atomic E-state index is 0.0683. The molecule has 2 amide bonds. The molecule has 2 heterocycles.